The van der Waals surface area contributed by atoms with Crippen molar-refractivity contribution in [3.8, 4) is 11.9 Å². The lowest BCUT2D eigenvalue weighted by Crippen LogP contribution is -2.51. The number of aromatic amines is 1. The number of carbonyl (C=O) groups is 3. The third-order valence-corrected chi connectivity index (χ3v) is 6.06. The molecule has 2 aromatic heterocycles. The second kappa shape index (κ2) is 11.2. The van der Waals surface area contributed by atoms with Crippen LogP contribution in [0.4, 0.5) is 0 Å². The Morgan fingerprint density at radius 1 is 1.34 bits per heavy atom. The van der Waals surface area contributed by atoms with E-state index in [9.17, 15) is 19.6 Å². The summed E-state index contributed by atoms with van der Waals surface area (Å²) in [6.45, 7) is 6.61. The largest absolute Gasteiger partial charge is 0.481 e. The summed E-state index contributed by atoms with van der Waals surface area (Å²) in [5, 5.41) is 18.7. The van der Waals surface area contributed by atoms with Gasteiger partial charge in [0.25, 0.3) is 5.91 Å². The first-order valence-electron chi connectivity index (χ1n) is 11.9. The first-order valence-corrected chi connectivity index (χ1v) is 11.9. The minimum absolute atomic E-state index is 0.00213. The normalized spacial score (nSPS) is 17.7. The van der Waals surface area contributed by atoms with Crippen LogP contribution in [0.1, 0.15) is 63.4 Å². The zero-order chi connectivity index (χ0) is 25.6. The number of nitrogens with one attached hydrogen (secondary N) is 4. The molecule has 0 spiro atoms. The number of amides is 3. The third kappa shape index (κ3) is 6.94. The number of fused-ring (bicyclic) bond motifs is 1. The van der Waals surface area contributed by atoms with Gasteiger partial charge in [-0.2, -0.15) is 5.26 Å². The summed E-state index contributed by atoms with van der Waals surface area (Å²) in [6, 6.07) is 3.89. The quantitative estimate of drug-likeness (QED) is 0.431. The van der Waals surface area contributed by atoms with Gasteiger partial charge in [-0.3, -0.25) is 14.4 Å². The Morgan fingerprint density at radius 2 is 2.11 bits per heavy atom. The number of nitriles is 1. The van der Waals surface area contributed by atoms with Crippen LogP contribution in [0, 0.1) is 22.7 Å². The number of piperidine rings is 1. The molecule has 1 aliphatic heterocycles. The Bertz CT molecular complexity index is 1110. The van der Waals surface area contributed by atoms with Crippen molar-refractivity contribution in [1.29, 1.82) is 5.26 Å². The summed E-state index contributed by atoms with van der Waals surface area (Å²) < 4.78 is 5.25. The summed E-state index contributed by atoms with van der Waals surface area (Å²) in [5.41, 5.74) is 0.707. The average Bonchev–Trinajstić information content (AvgIpc) is 3.26. The number of pyridine rings is 1. The minimum atomic E-state index is -0.845. The molecule has 35 heavy (non-hydrogen) atoms. The molecule has 3 amide bonds. The Hall–Kier alpha value is -3.61. The number of rotatable bonds is 9. The fourth-order valence-corrected chi connectivity index (χ4v) is 4.29. The van der Waals surface area contributed by atoms with Gasteiger partial charge in [0.2, 0.25) is 17.7 Å². The molecule has 1 aliphatic rings. The molecule has 0 bridgehead atoms. The Morgan fingerprint density at radius 3 is 2.77 bits per heavy atom. The standard InChI is InChI=1S/C25H34N6O4/c1-25(2,3)13-20(23(34)29-16(14-26)8-7-15-6-5-10-27-21(15)32)31-22(33)19-12-17-18(30-19)9-11-28-24(17)35-4/h9,11-12,15-16,20,30H,5-8,10,13H2,1-4H3,(H,27,32)(H,29,34)(H,31,33)/t15-,16-,20-/m0/s1. The molecule has 188 valence electrons. The monoisotopic (exact) mass is 482 g/mol. The van der Waals surface area contributed by atoms with Crippen molar-refractivity contribution < 1.29 is 19.1 Å². The molecule has 4 N–H and O–H groups in total. The summed E-state index contributed by atoms with van der Waals surface area (Å²) in [5.74, 6) is -0.619. The lowest BCUT2D eigenvalue weighted by atomic mass is 9.87. The van der Waals surface area contributed by atoms with Crippen LogP contribution in [0.3, 0.4) is 0 Å². The van der Waals surface area contributed by atoms with Gasteiger partial charge in [0, 0.05) is 18.7 Å². The van der Waals surface area contributed by atoms with Gasteiger partial charge in [0.1, 0.15) is 17.8 Å². The van der Waals surface area contributed by atoms with Crippen molar-refractivity contribution in [1.82, 2.24) is 25.9 Å². The first kappa shape index (κ1) is 26.0. The van der Waals surface area contributed by atoms with Crippen molar-refractivity contribution in [2.24, 2.45) is 11.3 Å². The van der Waals surface area contributed by atoms with Gasteiger partial charge in [-0.25, -0.2) is 4.98 Å². The van der Waals surface area contributed by atoms with Crippen molar-refractivity contribution in [2.75, 3.05) is 13.7 Å². The van der Waals surface area contributed by atoms with E-state index >= 15 is 0 Å². The second-order valence-electron chi connectivity index (χ2n) is 10.2. The third-order valence-electron chi connectivity index (χ3n) is 6.06. The van der Waals surface area contributed by atoms with E-state index in [4.69, 9.17) is 4.74 Å². The highest BCUT2D eigenvalue weighted by Crippen LogP contribution is 2.25. The van der Waals surface area contributed by atoms with E-state index in [0.29, 0.717) is 42.6 Å². The molecule has 3 rings (SSSR count). The minimum Gasteiger partial charge on any atom is -0.481 e. The Labute approximate surface area is 205 Å². The number of aromatic nitrogens is 2. The molecule has 10 heteroatoms. The number of hydrogen-bond donors (Lipinski definition) is 4. The topological polar surface area (TPSA) is 149 Å². The van der Waals surface area contributed by atoms with Crippen LogP contribution in [0.25, 0.3) is 10.9 Å². The average molecular weight is 483 g/mol. The zero-order valence-corrected chi connectivity index (χ0v) is 20.7. The second-order valence-corrected chi connectivity index (χ2v) is 10.2. The molecule has 2 aromatic rings. The van der Waals surface area contributed by atoms with Crippen LogP contribution in [0.15, 0.2) is 18.3 Å². The molecule has 3 heterocycles. The highest BCUT2D eigenvalue weighted by Gasteiger charge is 2.30. The predicted octanol–water partition coefficient (Wildman–Crippen LogP) is 2.42. The van der Waals surface area contributed by atoms with Gasteiger partial charge < -0.3 is 25.7 Å². The number of ether oxygens (including phenoxy) is 1. The number of H-pyrrole nitrogens is 1. The van der Waals surface area contributed by atoms with Crippen molar-refractivity contribution in [2.45, 2.75) is 65.0 Å². The summed E-state index contributed by atoms with van der Waals surface area (Å²) in [6.07, 6.45) is 4.53. The molecule has 0 aromatic carbocycles. The molecule has 0 unspecified atom stereocenters. The smallest absolute Gasteiger partial charge is 0.268 e. The number of methoxy groups -OCH3 is 1. The maximum atomic E-state index is 13.1. The maximum absolute atomic E-state index is 13.1. The van der Waals surface area contributed by atoms with Crippen LogP contribution in [0.2, 0.25) is 0 Å². The van der Waals surface area contributed by atoms with Crippen LogP contribution in [-0.4, -0.2) is 53.4 Å². The van der Waals surface area contributed by atoms with E-state index in [1.165, 1.54) is 7.11 Å². The molecular weight excluding hydrogens is 448 g/mol. The SMILES string of the molecule is COc1nccc2[nH]c(C(=O)N[C@@H](CC(C)(C)C)C(=O)N[C@H](C#N)CC[C@@H]3CCCNC3=O)cc12. The van der Waals surface area contributed by atoms with E-state index in [1.54, 1.807) is 18.3 Å². The highest BCUT2D eigenvalue weighted by molar-refractivity contribution is 6.01. The van der Waals surface area contributed by atoms with Gasteiger partial charge in [-0.05, 0) is 49.7 Å². The van der Waals surface area contributed by atoms with Crippen molar-refractivity contribution in [3.63, 3.8) is 0 Å². The zero-order valence-electron chi connectivity index (χ0n) is 20.7. The lowest BCUT2D eigenvalue weighted by Gasteiger charge is -2.27. The van der Waals surface area contributed by atoms with Crippen LogP contribution in [-0.2, 0) is 9.59 Å². The number of hydrogen-bond acceptors (Lipinski definition) is 6. The van der Waals surface area contributed by atoms with E-state index in [0.717, 1.165) is 12.8 Å². The molecule has 0 saturated carbocycles. The number of nitrogens with zero attached hydrogens (tertiary/aromatic N) is 2. The van der Waals surface area contributed by atoms with Gasteiger partial charge in [-0.1, -0.05) is 20.8 Å². The predicted molar refractivity (Wildman–Crippen MR) is 130 cm³/mol. The summed E-state index contributed by atoms with van der Waals surface area (Å²) >= 11 is 0. The van der Waals surface area contributed by atoms with E-state index in [2.05, 4.69) is 32.0 Å². The fourth-order valence-electron chi connectivity index (χ4n) is 4.29. The molecule has 0 radical (unpaired) electrons. The van der Waals surface area contributed by atoms with Crippen LogP contribution in [0.5, 0.6) is 5.88 Å². The summed E-state index contributed by atoms with van der Waals surface area (Å²) in [4.78, 5) is 45.4. The molecule has 0 aliphatic carbocycles. The van der Waals surface area contributed by atoms with Crippen molar-refractivity contribution in [3.05, 3.63) is 24.0 Å². The van der Waals surface area contributed by atoms with Gasteiger partial charge in [0.15, 0.2) is 0 Å². The Kier molecular flexibility index (Phi) is 8.33. The fraction of sp³-hybridized carbons (Fsp3) is 0.560. The lowest BCUT2D eigenvalue weighted by molar-refractivity contribution is -0.126. The first-order chi connectivity index (χ1) is 16.6. The van der Waals surface area contributed by atoms with Crippen LogP contribution < -0.4 is 20.7 Å². The van der Waals surface area contributed by atoms with Crippen LogP contribution >= 0.6 is 0 Å². The van der Waals surface area contributed by atoms with Gasteiger partial charge in [0.05, 0.1) is 24.1 Å². The summed E-state index contributed by atoms with van der Waals surface area (Å²) in [7, 11) is 1.50. The number of carbonyl (C=O) groups excluding carboxylic acids is 3. The van der Waals surface area contributed by atoms with Crippen molar-refractivity contribution >= 4 is 28.6 Å². The maximum Gasteiger partial charge on any atom is 0.268 e. The molecule has 1 fully saturated rings. The van der Waals surface area contributed by atoms with E-state index in [1.807, 2.05) is 20.8 Å². The Balaban J connectivity index is 1.69. The molecule has 10 nitrogen and oxygen atoms in total. The molecule has 1 saturated heterocycles. The van der Waals surface area contributed by atoms with Gasteiger partial charge in [-0.15, -0.1) is 0 Å². The van der Waals surface area contributed by atoms with Gasteiger partial charge >= 0.3 is 0 Å². The van der Waals surface area contributed by atoms with E-state index in [-0.39, 0.29) is 22.9 Å². The molecular formula is C25H34N6O4. The van der Waals surface area contributed by atoms with E-state index < -0.39 is 23.9 Å². The molecule has 3 atom stereocenters. The highest BCUT2D eigenvalue weighted by atomic mass is 16.5.